The minimum atomic E-state index is -0.902. The molecule has 3 rings (SSSR count). The van der Waals surface area contributed by atoms with Gasteiger partial charge in [0, 0.05) is 24.1 Å². The highest BCUT2D eigenvalue weighted by molar-refractivity contribution is 5.77. The number of rotatable bonds is 5. The van der Waals surface area contributed by atoms with Crippen LogP contribution in [-0.4, -0.2) is 23.4 Å². The van der Waals surface area contributed by atoms with E-state index in [4.69, 9.17) is 20.9 Å². The molecule has 0 saturated carbocycles. The fourth-order valence-electron chi connectivity index (χ4n) is 3.18. The summed E-state index contributed by atoms with van der Waals surface area (Å²) in [4.78, 5) is 12.3. The highest BCUT2D eigenvalue weighted by atomic mass is 16.6. The second-order valence-electron chi connectivity index (χ2n) is 6.94. The Morgan fingerprint density at radius 3 is 2.54 bits per heavy atom. The lowest BCUT2D eigenvalue weighted by molar-refractivity contribution is -0.138. The fourth-order valence-corrected chi connectivity index (χ4v) is 3.18. The molecule has 6 nitrogen and oxygen atoms in total. The Balaban J connectivity index is 1.50. The van der Waals surface area contributed by atoms with Gasteiger partial charge >= 0.3 is 5.97 Å². The van der Waals surface area contributed by atoms with E-state index >= 15 is 0 Å². The fraction of sp³-hybridized carbons (Fsp3) is 0.450. The Morgan fingerprint density at radius 1 is 1.15 bits per heavy atom. The molecule has 26 heavy (non-hydrogen) atoms. The molecule has 2 aliphatic rings. The monoisotopic (exact) mass is 358 g/mol. The number of ether oxygens (including phenoxy) is 2. The van der Waals surface area contributed by atoms with Crippen molar-refractivity contribution in [1.29, 1.82) is 0 Å². The van der Waals surface area contributed by atoms with Crippen LogP contribution in [0.4, 0.5) is 5.69 Å². The number of carbonyl (C=O) groups excluding carboxylic acids is 1. The van der Waals surface area contributed by atoms with Crippen molar-refractivity contribution in [2.75, 3.05) is 5.73 Å². The molecule has 4 atom stereocenters. The molecule has 0 heterocycles. The van der Waals surface area contributed by atoms with Crippen molar-refractivity contribution >= 4 is 11.7 Å². The second kappa shape index (κ2) is 8.38. The third-order valence-electron chi connectivity index (χ3n) is 4.85. The van der Waals surface area contributed by atoms with Crippen LogP contribution in [0.2, 0.25) is 0 Å². The summed E-state index contributed by atoms with van der Waals surface area (Å²) >= 11 is 0. The first-order valence-electron chi connectivity index (χ1n) is 9.06. The van der Waals surface area contributed by atoms with Crippen molar-refractivity contribution in [3.05, 3.63) is 48.3 Å². The predicted molar refractivity (Wildman–Crippen MR) is 98.8 cm³/mol. The SMILES string of the molecule is Nc1ccc(OC(=O)C2C=CC(C(O)OC3=CCC(N)CC3)CC2)cc1. The highest BCUT2D eigenvalue weighted by Gasteiger charge is 2.28. The van der Waals surface area contributed by atoms with Gasteiger partial charge in [-0.3, -0.25) is 4.79 Å². The number of anilines is 1. The zero-order valence-electron chi connectivity index (χ0n) is 14.7. The van der Waals surface area contributed by atoms with Crippen molar-refractivity contribution in [2.24, 2.45) is 17.6 Å². The molecule has 0 spiro atoms. The van der Waals surface area contributed by atoms with Gasteiger partial charge in [0.25, 0.3) is 0 Å². The molecular formula is C20H26N2O4. The Bertz CT molecular complexity index is 684. The minimum Gasteiger partial charge on any atom is -0.469 e. The molecule has 1 aromatic carbocycles. The van der Waals surface area contributed by atoms with Crippen molar-refractivity contribution in [3.63, 3.8) is 0 Å². The second-order valence-corrected chi connectivity index (χ2v) is 6.94. The normalized spacial score (nSPS) is 26.7. The zero-order chi connectivity index (χ0) is 18.5. The first kappa shape index (κ1) is 18.5. The van der Waals surface area contributed by atoms with Crippen LogP contribution in [0, 0.1) is 11.8 Å². The number of esters is 1. The molecule has 4 unspecified atom stereocenters. The summed E-state index contributed by atoms with van der Waals surface area (Å²) in [5.74, 6) is 0.529. The molecule has 0 bridgehead atoms. The van der Waals surface area contributed by atoms with Gasteiger partial charge in [0.15, 0.2) is 0 Å². The third kappa shape index (κ3) is 4.86. The number of benzene rings is 1. The maximum Gasteiger partial charge on any atom is 0.318 e. The lowest BCUT2D eigenvalue weighted by atomic mass is 9.88. The van der Waals surface area contributed by atoms with E-state index in [1.165, 1.54) is 0 Å². The van der Waals surface area contributed by atoms with Gasteiger partial charge in [-0.2, -0.15) is 0 Å². The molecule has 6 heteroatoms. The molecule has 5 N–H and O–H groups in total. The Hall–Kier alpha value is -2.31. The van der Waals surface area contributed by atoms with E-state index in [1.54, 1.807) is 30.3 Å². The van der Waals surface area contributed by atoms with Gasteiger partial charge < -0.3 is 26.0 Å². The van der Waals surface area contributed by atoms with Gasteiger partial charge in [0.1, 0.15) is 5.75 Å². The number of hydrogen-bond acceptors (Lipinski definition) is 6. The molecule has 140 valence electrons. The molecule has 0 aromatic heterocycles. The molecular weight excluding hydrogens is 332 g/mol. The van der Waals surface area contributed by atoms with E-state index in [0.29, 0.717) is 24.3 Å². The number of aliphatic hydroxyl groups is 1. The van der Waals surface area contributed by atoms with Crippen molar-refractivity contribution in [3.8, 4) is 5.75 Å². The molecule has 0 amide bonds. The first-order valence-corrected chi connectivity index (χ1v) is 9.06. The Kier molecular flexibility index (Phi) is 5.96. The standard InChI is InChI=1S/C20H26N2O4/c21-15-5-9-17(10-6-15)25-19(23)13-1-2-14(4-3-13)20(24)26-18-11-7-16(22)8-12-18/h1-2,5-6,9-11,13-14,16,20,24H,3-4,7-8,12,21-22H2. The summed E-state index contributed by atoms with van der Waals surface area (Å²) in [5.41, 5.74) is 12.1. The zero-order valence-corrected chi connectivity index (χ0v) is 14.7. The summed E-state index contributed by atoms with van der Waals surface area (Å²) in [7, 11) is 0. The molecule has 1 aromatic rings. The predicted octanol–water partition coefficient (Wildman–Crippen LogP) is 2.49. The number of nitrogens with two attached hydrogens (primary N) is 2. The summed E-state index contributed by atoms with van der Waals surface area (Å²) in [6, 6.07) is 6.90. The van der Waals surface area contributed by atoms with Crippen LogP contribution in [0.1, 0.15) is 32.1 Å². The van der Waals surface area contributed by atoms with E-state index in [9.17, 15) is 9.90 Å². The highest BCUT2D eigenvalue weighted by Crippen LogP contribution is 2.29. The maximum absolute atomic E-state index is 12.3. The maximum atomic E-state index is 12.3. The molecule has 0 fully saturated rings. The molecule has 2 aliphatic carbocycles. The third-order valence-corrected chi connectivity index (χ3v) is 4.85. The number of nitrogen functional groups attached to an aromatic ring is 1. The van der Waals surface area contributed by atoms with Gasteiger partial charge in [-0.1, -0.05) is 12.2 Å². The largest absolute Gasteiger partial charge is 0.469 e. The lowest BCUT2D eigenvalue weighted by Crippen LogP contribution is -2.29. The number of hydrogen-bond donors (Lipinski definition) is 3. The van der Waals surface area contributed by atoms with Gasteiger partial charge in [0.2, 0.25) is 6.29 Å². The van der Waals surface area contributed by atoms with Crippen LogP contribution in [0.25, 0.3) is 0 Å². The number of allylic oxidation sites excluding steroid dienone is 1. The quantitative estimate of drug-likeness (QED) is 0.245. The topological polar surface area (TPSA) is 108 Å². The first-order chi connectivity index (χ1) is 12.5. The average Bonchev–Trinajstić information content (AvgIpc) is 2.65. The van der Waals surface area contributed by atoms with Crippen LogP contribution in [-0.2, 0) is 9.53 Å². The Morgan fingerprint density at radius 2 is 1.92 bits per heavy atom. The molecule has 0 aliphatic heterocycles. The van der Waals surface area contributed by atoms with Crippen LogP contribution in [0.3, 0.4) is 0 Å². The summed E-state index contributed by atoms with van der Waals surface area (Å²) < 4.78 is 11.0. The van der Waals surface area contributed by atoms with Crippen molar-refractivity contribution < 1.29 is 19.4 Å². The average molecular weight is 358 g/mol. The van der Waals surface area contributed by atoms with Crippen LogP contribution in [0.5, 0.6) is 5.75 Å². The van der Waals surface area contributed by atoms with Crippen molar-refractivity contribution in [2.45, 2.75) is 44.4 Å². The summed E-state index contributed by atoms with van der Waals surface area (Å²) in [5, 5.41) is 10.3. The van der Waals surface area contributed by atoms with Crippen molar-refractivity contribution in [1.82, 2.24) is 0 Å². The van der Waals surface area contributed by atoms with Crippen LogP contribution < -0.4 is 16.2 Å². The van der Waals surface area contributed by atoms with E-state index in [0.717, 1.165) is 25.0 Å². The Labute approximate surface area is 153 Å². The minimum absolute atomic E-state index is 0.132. The lowest BCUT2D eigenvalue weighted by Gasteiger charge is -2.28. The van der Waals surface area contributed by atoms with E-state index in [1.807, 2.05) is 12.2 Å². The summed E-state index contributed by atoms with van der Waals surface area (Å²) in [6.45, 7) is 0. The van der Waals surface area contributed by atoms with Gasteiger partial charge in [0.05, 0.1) is 11.7 Å². The molecule has 0 saturated heterocycles. The number of carbonyl (C=O) groups is 1. The van der Waals surface area contributed by atoms with E-state index in [-0.39, 0.29) is 23.8 Å². The smallest absolute Gasteiger partial charge is 0.318 e. The summed E-state index contributed by atoms with van der Waals surface area (Å²) in [6.07, 6.45) is 8.37. The van der Waals surface area contributed by atoms with Crippen LogP contribution in [0.15, 0.2) is 48.3 Å². The van der Waals surface area contributed by atoms with Gasteiger partial charge in [-0.25, -0.2) is 0 Å². The van der Waals surface area contributed by atoms with Gasteiger partial charge in [-0.15, -0.1) is 0 Å². The van der Waals surface area contributed by atoms with Gasteiger partial charge in [-0.05, 0) is 56.0 Å². The number of aliphatic hydroxyl groups excluding tert-OH is 1. The van der Waals surface area contributed by atoms with Crippen LogP contribution >= 0.6 is 0 Å². The van der Waals surface area contributed by atoms with E-state index in [2.05, 4.69) is 0 Å². The molecule has 0 radical (unpaired) electrons. The van der Waals surface area contributed by atoms with E-state index < -0.39 is 6.29 Å².